The number of benzene rings is 6. The summed E-state index contributed by atoms with van der Waals surface area (Å²) in [4.78, 5) is 10.5. The van der Waals surface area contributed by atoms with E-state index in [1.807, 2.05) is 0 Å². The van der Waals surface area contributed by atoms with E-state index in [0.29, 0.717) is 0 Å². The minimum absolute atomic E-state index is 0.728. The molecule has 9 rings (SSSR count). The van der Waals surface area contributed by atoms with Gasteiger partial charge in [0.15, 0.2) is 5.82 Å². The quantitative estimate of drug-likeness (QED) is 0.208. The topological polar surface area (TPSA) is 30.7 Å². The van der Waals surface area contributed by atoms with Gasteiger partial charge >= 0.3 is 0 Å². The molecule has 9 aromatic rings. The maximum absolute atomic E-state index is 5.28. The Morgan fingerprint density at radius 1 is 0.455 bits per heavy atom. The molecule has 0 aliphatic heterocycles. The third kappa shape index (κ3) is 3.96. The Balaban J connectivity index is 1.25. The predicted octanol–water partition coefficient (Wildman–Crippen LogP) is 10.9. The Morgan fingerprint density at radius 2 is 1.05 bits per heavy atom. The van der Waals surface area contributed by atoms with Crippen molar-refractivity contribution in [2.45, 2.75) is 0 Å². The second-order valence-electron chi connectivity index (χ2n) is 11.0. The standard InChI is InChI=1S/C40H25N3S/c1-2-11-26(12-3-1)27-21-23-28(24-22-27)37-39-38(33-17-6-9-20-36(33)44-39)42-40(41-37)29-13-10-14-30(25-29)43-34-18-7-4-15-31(34)32-16-5-8-19-35(32)43/h1-25H. The van der Waals surface area contributed by atoms with Crippen LogP contribution in [0.4, 0.5) is 0 Å². The van der Waals surface area contributed by atoms with Crippen LogP contribution < -0.4 is 0 Å². The molecule has 0 saturated carbocycles. The Kier molecular flexibility index (Phi) is 5.68. The fourth-order valence-electron chi connectivity index (χ4n) is 6.35. The predicted molar refractivity (Wildman–Crippen MR) is 186 cm³/mol. The van der Waals surface area contributed by atoms with E-state index in [1.165, 1.54) is 37.6 Å². The van der Waals surface area contributed by atoms with Crippen LogP contribution in [-0.2, 0) is 0 Å². The average molecular weight is 580 g/mol. The maximum atomic E-state index is 5.28. The molecule has 0 atom stereocenters. The van der Waals surface area contributed by atoms with Crippen molar-refractivity contribution in [1.82, 2.24) is 14.5 Å². The molecular formula is C40H25N3S. The lowest BCUT2D eigenvalue weighted by Crippen LogP contribution is -1.97. The van der Waals surface area contributed by atoms with Crippen molar-refractivity contribution < 1.29 is 0 Å². The minimum atomic E-state index is 0.728. The van der Waals surface area contributed by atoms with Crippen LogP contribution in [0.25, 0.3) is 81.6 Å². The lowest BCUT2D eigenvalue weighted by Gasteiger charge is -2.11. The highest BCUT2D eigenvalue weighted by Gasteiger charge is 2.18. The highest BCUT2D eigenvalue weighted by atomic mass is 32.1. The average Bonchev–Trinajstić information content (AvgIpc) is 3.64. The molecule has 0 spiro atoms. The van der Waals surface area contributed by atoms with Crippen molar-refractivity contribution >= 4 is 53.4 Å². The van der Waals surface area contributed by atoms with Gasteiger partial charge in [-0.1, -0.05) is 121 Å². The zero-order chi connectivity index (χ0) is 29.0. The first-order valence-electron chi connectivity index (χ1n) is 14.8. The van der Waals surface area contributed by atoms with Crippen molar-refractivity contribution in [2.24, 2.45) is 0 Å². The molecule has 6 aromatic carbocycles. The second kappa shape index (κ2) is 10.0. The van der Waals surface area contributed by atoms with Crippen LogP contribution in [0.15, 0.2) is 152 Å². The molecule has 4 heteroatoms. The fourth-order valence-corrected chi connectivity index (χ4v) is 7.51. The van der Waals surface area contributed by atoms with E-state index >= 15 is 0 Å². The van der Waals surface area contributed by atoms with Gasteiger partial charge in [-0.25, -0.2) is 9.97 Å². The van der Waals surface area contributed by atoms with E-state index in [-0.39, 0.29) is 0 Å². The van der Waals surface area contributed by atoms with Gasteiger partial charge in [0.1, 0.15) is 0 Å². The summed E-state index contributed by atoms with van der Waals surface area (Å²) >= 11 is 1.76. The second-order valence-corrected chi connectivity index (χ2v) is 12.1. The monoisotopic (exact) mass is 579 g/mol. The smallest absolute Gasteiger partial charge is 0.160 e. The number of hydrogen-bond acceptors (Lipinski definition) is 3. The first-order chi connectivity index (χ1) is 21.8. The van der Waals surface area contributed by atoms with Gasteiger partial charge in [-0.3, -0.25) is 0 Å². The highest BCUT2D eigenvalue weighted by molar-refractivity contribution is 7.26. The lowest BCUT2D eigenvalue weighted by atomic mass is 10.0. The summed E-state index contributed by atoms with van der Waals surface area (Å²) in [6.45, 7) is 0. The van der Waals surface area contributed by atoms with E-state index in [0.717, 1.165) is 43.9 Å². The van der Waals surface area contributed by atoms with Crippen LogP contribution >= 0.6 is 11.3 Å². The van der Waals surface area contributed by atoms with Gasteiger partial charge in [0, 0.05) is 37.7 Å². The van der Waals surface area contributed by atoms with E-state index in [9.17, 15) is 0 Å². The van der Waals surface area contributed by atoms with Gasteiger partial charge in [-0.2, -0.15) is 0 Å². The molecule has 0 N–H and O–H groups in total. The van der Waals surface area contributed by atoms with Crippen LogP contribution in [0.3, 0.4) is 0 Å². The van der Waals surface area contributed by atoms with E-state index in [4.69, 9.17) is 9.97 Å². The van der Waals surface area contributed by atoms with Crippen molar-refractivity contribution in [1.29, 1.82) is 0 Å². The molecule has 0 radical (unpaired) electrons. The zero-order valence-electron chi connectivity index (χ0n) is 23.7. The lowest BCUT2D eigenvalue weighted by molar-refractivity contribution is 1.17. The van der Waals surface area contributed by atoms with Crippen molar-refractivity contribution in [3.63, 3.8) is 0 Å². The molecule has 0 saturated heterocycles. The van der Waals surface area contributed by atoms with Gasteiger partial charge in [0.05, 0.1) is 26.9 Å². The molecule has 0 aliphatic carbocycles. The molecule has 0 fully saturated rings. The van der Waals surface area contributed by atoms with Crippen molar-refractivity contribution in [2.75, 3.05) is 0 Å². The summed E-state index contributed by atoms with van der Waals surface area (Å²) in [5.41, 5.74) is 9.90. The Labute approximate surface area is 258 Å². The number of nitrogens with zero attached hydrogens (tertiary/aromatic N) is 3. The molecule has 44 heavy (non-hydrogen) atoms. The summed E-state index contributed by atoms with van der Waals surface area (Å²) in [6, 6.07) is 53.6. The van der Waals surface area contributed by atoms with Gasteiger partial charge in [0.2, 0.25) is 0 Å². The maximum Gasteiger partial charge on any atom is 0.160 e. The Bertz CT molecular complexity index is 2430. The van der Waals surface area contributed by atoms with Gasteiger partial charge in [-0.15, -0.1) is 11.3 Å². The van der Waals surface area contributed by atoms with E-state index in [2.05, 4.69) is 156 Å². The molecule has 3 heterocycles. The van der Waals surface area contributed by atoms with Crippen molar-refractivity contribution in [3.05, 3.63) is 152 Å². The molecule has 0 unspecified atom stereocenters. The number of thiophene rings is 1. The van der Waals surface area contributed by atoms with E-state index in [1.54, 1.807) is 11.3 Å². The van der Waals surface area contributed by atoms with Crippen LogP contribution in [-0.4, -0.2) is 14.5 Å². The third-order valence-electron chi connectivity index (χ3n) is 8.43. The summed E-state index contributed by atoms with van der Waals surface area (Å²) in [5.74, 6) is 0.728. The zero-order valence-corrected chi connectivity index (χ0v) is 24.5. The van der Waals surface area contributed by atoms with Crippen molar-refractivity contribution in [3.8, 4) is 39.5 Å². The number of para-hydroxylation sites is 2. The summed E-state index contributed by atoms with van der Waals surface area (Å²) < 4.78 is 4.67. The number of hydrogen-bond donors (Lipinski definition) is 0. The van der Waals surface area contributed by atoms with Crippen LogP contribution in [0.1, 0.15) is 0 Å². The SMILES string of the molecule is c1ccc(-c2ccc(-c3nc(-c4cccc(-n5c6ccccc6c6ccccc65)c4)nc4c3sc3ccccc34)cc2)cc1. The van der Waals surface area contributed by atoms with Gasteiger partial charge in [-0.05, 0) is 41.5 Å². The summed E-state index contributed by atoms with van der Waals surface area (Å²) in [6.07, 6.45) is 0. The molecule has 206 valence electrons. The van der Waals surface area contributed by atoms with Crippen LogP contribution in [0.2, 0.25) is 0 Å². The summed E-state index contributed by atoms with van der Waals surface area (Å²) in [5, 5.41) is 3.66. The molecule has 3 nitrogen and oxygen atoms in total. The Hall–Kier alpha value is -5.58. The summed E-state index contributed by atoms with van der Waals surface area (Å²) in [7, 11) is 0. The molecule has 3 aromatic heterocycles. The largest absolute Gasteiger partial charge is 0.309 e. The first kappa shape index (κ1) is 25.0. The third-order valence-corrected chi connectivity index (χ3v) is 9.59. The molecular weight excluding hydrogens is 555 g/mol. The first-order valence-corrected chi connectivity index (χ1v) is 15.6. The highest BCUT2D eigenvalue weighted by Crippen LogP contribution is 2.40. The fraction of sp³-hybridized carbons (Fsp3) is 0. The van der Waals surface area contributed by atoms with Gasteiger partial charge in [0.25, 0.3) is 0 Å². The number of aromatic nitrogens is 3. The Morgan fingerprint density at radius 3 is 1.80 bits per heavy atom. The molecule has 0 amide bonds. The van der Waals surface area contributed by atoms with E-state index < -0.39 is 0 Å². The number of rotatable bonds is 4. The number of fused-ring (bicyclic) bond motifs is 6. The van der Waals surface area contributed by atoms with Crippen LogP contribution in [0.5, 0.6) is 0 Å². The molecule has 0 bridgehead atoms. The van der Waals surface area contributed by atoms with Crippen LogP contribution in [0, 0.1) is 0 Å². The van der Waals surface area contributed by atoms with Gasteiger partial charge < -0.3 is 4.57 Å². The normalized spacial score (nSPS) is 11.6. The minimum Gasteiger partial charge on any atom is -0.309 e. The molecule has 0 aliphatic rings.